The quantitative estimate of drug-likeness (QED) is 0.0223. The molecule has 0 saturated heterocycles. The highest BCUT2D eigenvalue weighted by Crippen LogP contribution is 2.13. The fourth-order valence-electron chi connectivity index (χ4n) is 5.96. The van der Waals surface area contributed by atoms with Gasteiger partial charge in [0.1, 0.15) is 6.61 Å². The second-order valence-electron chi connectivity index (χ2n) is 15.3. The number of ether oxygens (including phenoxy) is 3. The molecule has 0 saturated carbocycles. The number of rotatable bonds is 37. The van der Waals surface area contributed by atoms with Crippen LogP contribution >= 0.6 is 0 Å². The lowest BCUT2D eigenvalue weighted by molar-refractivity contribution is -0.887. The number of aliphatic carboxylic acids is 1. The van der Waals surface area contributed by atoms with Crippen LogP contribution in [0.5, 0.6) is 0 Å². The second kappa shape index (κ2) is 35.6. The summed E-state index contributed by atoms with van der Waals surface area (Å²) in [4.78, 5) is 36.9. The van der Waals surface area contributed by atoms with E-state index < -0.39 is 18.1 Å². The molecule has 0 spiro atoms. The van der Waals surface area contributed by atoms with Crippen LogP contribution in [0.15, 0.2) is 36.5 Å². The molecule has 0 aromatic heterocycles. The highest BCUT2D eigenvalue weighted by molar-refractivity contribution is 5.72. The van der Waals surface area contributed by atoms with Gasteiger partial charge in [-0.15, -0.1) is 0 Å². The van der Waals surface area contributed by atoms with Crippen molar-refractivity contribution in [3.8, 4) is 0 Å². The third kappa shape index (κ3) is 33.4. The highest BCUT2D eigenvalue weighted by atomic mass is 16.6. The first-order chi connectivity index (χ1) is 25.1. The smallest absolute Gasteiger partial charge is 0.362 e. The Morgan fingerprint density at radius 1 is 0.577 bits per heavy atom. The summed E-state index contributed by atoms with van der Waals surface area (Å²) in [7, 11) is 5.51. The van der Waals surface area contributed by atoms with Crippen molar-refractivity contribution in [2.24, 2.45) is 0 Å². The molecule has 0 aliphatic rings. The first-order valence-electron chi connectivity index (χ1n) is 21.0. The van der Waals surface area contributed by atoms with Gasteiger partial charge in [0.05, 0.1) is 34.4 Å². The number of likely N-dealkylation sites (N-methyl/N-ethyl adjacent to an activating group) is 1. The molecule has 0 heterocycles. The Labute approximate surface area is 319 Å². The minimum Gasteiger partial charge on any atom is -0.477 e. The largest absolute Gasteiger partial charge is 0.477 e. The SMILES string of the molecule is CCCCC/C=C/CCCCCCCC(=O)OCC(COCCC(C(=O)O)[N+](C)(C)C)OC(=O)CCCCC/C=C/C=C/CCCCCCCCC. The Bertz CT molecular complexity index is 953. The lowest BCUT2D eigenvalue weighted by Crippen LogP contribution is -2.50. The van der Waals surface area contributed by atoms with Crippen molar-refractivity contribution in [1.82, 2.24) is 0 Å². The molecule has 0 radical (unpaired) electrons. The zero-order valence-electron chi connectivity index (χ0n) is 34.3. The number of carbonyl (C=O) groups excluding carboxylic acids is 2. The predicted molar refractivity (Wildman–Crippen MR) is 215 cm³/mol. The summed E-state index contributed by atoms with van der Waals surface area (Å²) in [5, 5.41) is 9.60. The molecule has 0 bridgehead atoms. The van der Waals surface area contributed by atoms with E-state index in [0.717, 1.165) is 64.2 Å². The molecule has 0 aromatic rings. The summed E-state index contributed by atoms with van der Waals surface area (Å²) in [6.45, 7) is 4.66. The fourth-order valence-corrected chi connectivity index (χ4v) is 5.96. The standard InChI is InChI=1S/C44H79NO7/c1-6-8-10-12-14-16-18-20-21-22-23-25-27-29-31-33-35-43(47)52-40(38-50-37-36-41(44(48)49)45(3,4)5)39-51-42(46)34-32-30-28-26-24-19-17-15-13-11-9-7-2/h15,17,21-23,25,40-41H,6-14,16,18-20,24,26-39H2,1-5H3/p+1/b17-15+,22-21+,25-23+. The van der Waals surface area contributed by atoms with E-state index in [4.69, 9.17) is 14.2 Å². The van der Waals surface area contributed by atoms with Crippen LogP contribution in [0.3, 0.4) is 0 Å². The van der Waals surface area contributed by atoms with Gasteiger partial charge in [-0.1, -0.05) is 127 Å². The molecule has 0 rings (SSSR count). The first-order valence-corrected chi connectivity index (χ1v) is 21.0. The molecule has 0 fully saturated rings. The van der Waals surface area contributed by atoms with Crippen LogP contribution < -0.4 is 0 Å². The molecular formula is C44H80NO7+. The number of hydrogen-bond donors (Lipinski definition) is 1. The van der Waals surface area contributed by atoms with Crippen molar-refractivity contribution in [3.63, 3.8) is 0 Å². The maximum atomic E-state index is 12.7. The molecule has 2 atom stereocenters. The molecule has 0 amide bonds. The molecule has 0 aliphatic heterocycles. The number of carbonyl (C=O) groups is 3. The third-order valence-electron chi connectivity index (χ3n) is 9.29. The average molecular weight is 735 g/mol. The van der Waals surface area contributed by atoms with Crippen molar-refractivity contribution in [3.05, 3.63) is 36.5 Å². The Balaban J connectivity index is 4.44. The van der Waals surface area contributed by atoms with E-state index in [-0.39, 0.29) is 36.2 Å². The minimum atomic E-state index is -0.881. The van der Waals surface area contributed by atoms with Gasteiger partial charge in [-0.05, 0) is 64.2 Å². The molecule has 0 aromatic carbocycles. The maximum absolute atomic E-state index is 12.7. The topological polar surface area (TPSA) is 99.1 Å². The lowest BCUT2D eigenvalue weighted by Gasteiger charge is -2.31. The van der Waals surface area contributed by atoms with Gasteiger partial charge in [-0.3, -0.25) is 9.59 Å². The van der Waals surface area contributed by atoms with Crippen molar-refractivity contribution in [2.75, 3.05) is 41.0 Å². The highest BCUT2D eigenvalue weighted by Gasteiger charge is 2.31. The van der Waals surface area contributed by atoms with Crippen molar-refractivity contribution in [2.45, 2.75) is 187 Å². The number of carboxylic acid groups (broad SMARTS) is 1. The molecule has 8 nitrogen and oxygen atoms in total. The van der Waals surface area contributed by atoms with Crippen LogP contribution in [-0.4, -0.2) is 80.6 Å². The molecule has 2 unspecified atom stereocenters. The average Bonchev–Trinajstić information content (AvgIpc) is 3.09. The van der Waals surface area contributed by atoms with Gasteiger partial charge in [-0.25, -0.2) is 4.79 Å². The Morgan fingerprint density at radius 3 is 1.56 bits per heavy atom. The summed E-state index contributed by atoms with van der Waals surface area (Å²) in [6.07, 6.45) is 39.0. The Morgan fingerprint density at radius 2 is 1.02 bits per heavy atom. The third-order valence-corrected chi connectivity index (χ3v) is 9.29. The number of hydrogen-bond acceptors (Lipinski definition) is 6. The van der Waals surface area contributed by atoms with E-state index in [2.05, 4.69) is 50.3 Å². The zero-order chi connectivity index (χ0) is 38.5. The van der Waals surface area contributed by atoms with Gasteiger partial charge in [0.2, 0.25) is 0 Å². The second-order valence-corrected chi connectivity index (χ2v) is 15.3. The van der Waals surface area contributed by atoms with Crippen LogP contribution in [0.25, 0.3) is 0 Å². The maximum Gasteiger partial charge on any atom is 0.362 e. The Kier molecular flexibility index (Phi) is 33.9. The number of esters is 2. The molecule has 8 heteroatoms. The zero-order valence-corrected chi connectivity index (χ0v) is 34.3. The number of quaternary nitrogens is 1. The molecule has 302 valence electrons. The van der Waals surface area contributed by atoms with Crippen LogP contribution in [0.2, 0.25) is 0 Å². The summed E-state index contributed by atoms with van der Waals surface area (Å²) in [5.74, 6) is -1.51. The minimum absolute atomic E-state index is 0.0484. The van der Waals surface area contributed by atoms with Crippen molar-refractivity contribution in [1.29, 1.82) is 0 Å². The predicted octanol–water partition coefficient (Wildman–Crippen LogP) is 11.1. The van der Waals surface area contributed by atoms with E-state index >= 15 is 0 Å². The molecule has 0 aliphatic carbocycles. The van der Waals surface area contributed by atoms with E-state index in [0.29, 0.717) is 19.3 Å². The first kappa shape index (κ1) is 49.6. The van der Waals surface area contributed by atoms with E-state index in [1.165, 1.54) is 77.0 Å². The van der Waals surface area contributed by atoms with Gasteiger partial charge < -0.3 is 23.8 Å². The van der Waals surface area contributed by atoms with Gasteiger partial charge >= 0.3 is 17.9 Å². The summed E-state index contributed by atoms with van der Waals surface area (Å²) < 4.78 is 17.2. The molecular weight excluding hydrogens is 654 g/mol. The van der Waals surface area contributed by atoms with E-state index in [1.54, 1.807) is 0 Å². The number of nitrogens with zero attached hydrogens (tertiary/aromatic N) is 1. The van der Waals surface area contributed by atoms with E-state index in [9.17, 15) is 19.5 Å². The number of unbranched alkanes of at least 4 members (excludes halogenated alkanes) is 18. The molecule has 1 N–H and O–H groups in total. The number of carboxylic acids is 1. The molecule has 52 heavy (non-hydrogen) atoms. The van der Waals surface area contributed by atoms with E-state index in [1.807, 2.05) is 21.1 Å². The van der Waals surface area contributed by atoms with Crippen molar-refractivity contribution < 1.29 is 38.2 Å². The van der Waals surface area contributed by atoms with Gasteiger partial charge in [0, 0.05) is 19.3 Å². The van der Waals surface area contributed by atoms with Gasteiger partial charge in [-0.2, -0.15) is 0 Å². The summed E-state index contributed by atoms with van der Waals surface area (Å²) >= 11 is 0. The Hall–Kier alpha value is -2.45. The number of allylic oxidation sites excluding steroid dienone is 6. The van der Waals surface area contributed by atoms with Gasteiger partial charge in [0.25, 0.3) is 0 Å². The van der Waals surface area contributed by atoms with Gasteiger partial charge in [0.15, 0.2) is 12.1 Å². The monoisotopic (exact) mass is 735 g/mol. The summed E-state index contributed by atoms with van der Waals surface area (Å²) in [6, 6.07) is -0.619. The van der Waals surface area contributed by atoms with Crippen LogP contribution in [0, 0.1) is 0 Å². The normalized spacial score (nSPS) is 13.3. The van der Waals surface area contributed by atoms with Crippen LogP contribution in [-0.2, 0) is 28.6 Å². The van der Waals surface area contributed by atoms with Crippen LogP contribution in [0.1, 0.15) is 174 Å². The fraction of sp³-hybridized carbons (Fsp3) is 0.795. The van der Waals surface area contributed by atoms with Crippen LogP contribution in [0.4, 0.5) is 0 Å². The summed E-state index contributed by atoms with van der Waals surface area (Å²) in [5.41, 5.74) is 0. The lowest BCUT2D eigenvalue weighted by atomic mass is 10.1. The van der Waals surface area contributed by atoms with Crippen molar-refractivity contribution >= 4 is 17.9 Å².